The number of aryl methyl sites for hydroxylation is 1. The van der Waals surface area contributed by atoms with E-state index in [-0.39, 0.29) is 24.6 Å². The predicted molar refractivity (Wildman–Crippen MR) is 119 cm³/mol. The maximum Gasteiger partial charge on any atom is 0.311 e. The van der Waals surface area contributed by atoms with Gasteiger partial charge in [-0.15, -0.1) is 0 Å². The quantitative estimate of drug-likeness (QED) is 0.378. The molecule has 0 aliphatic rings. The van der Waals surface area contributed by atoms with Gasteiger partial charge in [-0.25, -0.2) is 0 Å². The number of nitro benzene ring substituents is 1. The maximum absolute atomic E-state index is 12.2. The average molecular weight is 436 g/mol. The number of rotatable bonds is 10. The first kappa shape index (κ1) is 22.6. The molecular weight excluding hydrogens is 412 g/mol. The van der Waals surface area contributed by atoms with Gasteiger partial charge < -0.3 is 19.5 Å². The summed E-state index contributed by atoms with van der Waals surface area (Å²) in [6, 6.07) is 19.8. The van der Waals surface area contributed by atoms with Gasteiger partial charge in [-0.2, -0.15) is 0 Å². The van der Waals surface area contributed by atoms with E-state index in [1.807, 2.05) is 36.4 Å². The zero-order valence-corrected chi connectivity index (χ0v) is 17.9. The van der Waals surface area contributed by atoms with Gasteiger partial charge >= 0.3 is 5.69 Å². The second-order valence-corrected chi connectivity index (χ2v) is 7.05. The van der Waals surface area contributed by atoms with E-state index < -0.39 is 10.8 Å². The van der Waals surface area contributed by atoms with Gasteiger partial charge in [-0.3, -0.25) is 14.9 Å². The second kappa shape index (κ2) is 10.8. The molecule has 0 saturated carbocycles. The first-order valence-corrected chi connectivity index (χ1v) is 9.94. The number of carbonyl (C=O) groups is 1. The zero-order chi connectivity index (χ0) is 22.9. The highest BCUT2D eigenvalue weighted by molar-refractivity contribution is 5.77. The maximum atomic E-state index is 12.2. The summed E-state index contributed by atoms with van der Waals surface area (Å²) in [6.07, 6.45) is 0. The number of hydrogen-bond donors (Lipinski definition) is 1. The summed E-state index contributed by atoms with van der Waals surface area (Å²) in [4.78, 5) is 22.8. The first-order valence-electron chi connectivity index (χ1n) is 9.94. The molecule has 8 nitrogen and oxygen atoms in total. The molecule has 0 heterocycles. The zero-order valence-electron chi connectivity index (χ0n) is 17.9. The number of amides is 1. The van der Waals surface area contributed by atoms with E-state index in [9.17, 15) is 14.9 Å². The molecule has 3 aromatic rings. The lowest BCUT2D eigenvalue weighted by molar-refractivity contribution is -0.385. The third kappa shape index (κ3) is 6.21. The molecule has 0 radical (unpaired) electrons. The first-order chi connectivity index (χ1) is 15.5. The summed E-state index contributed by atoms with van der Waals surface area (Å²) in [5.74, 6) is 0.807. The molecule has 32 heavy (non-hydrogen) atoms. The Morgan fingerprint density at radius 2 is 1.69 bits per heavy atom. The lowest BCUT2D eigenvalue weighted by atomic mass is 10.2. The lowest BCUT2D eigenvalue weighted by Crippen LogP contribution is -2.28. The number of ether oxygens (including phenoxy) is 3. The summed E-state index contributed by atoms with van der Waals surface area (Å²) in [7, 11) is 1.55. The molecule has 0 atom stereocenters. The lowest BCUT2D eigenvalue weighted by Gasteiger charge is -2.13. The van der Waals surface area contributed by atoms with Gasteiger partial charge in [0.15, 0.2) is 23.9 Å². The Hall–Kier alpha value is -4.07. The summed E-state index contributed by atoms with van der Waals surface area (Å²) in [5, 5.41) is 13.9. The van der Waals surface area contributed by atoms with Crippen LogP contribution in [0.1, 0.15) is 16.7 Å². The highest BCUT2D eigenvalue weighted by Crippen LogP contribution is 2.29. The molecule has 1 N–H and O–H groups in total. The number of nitro groups is 1. The van der Waals surface area contributed by atoms with Crippen LogP contribution in [0.4, 0.5) is 5.69 Å². The van der Waals surface area contributed by atoms with Gasteiger partial charge in [0.25, 0.3) is 5.91 Å². The number of nitrogens with one attached hydrogen (secondary N) is 1. The Bertz CT molecular complexity index is 1090. The molecule has 0 spiro atoms. The van der Waals surface area contributed by atoms with E-state index in [0.717, 1.165) is 16.7 Å². The summed E-state index contributed by atoms with van der Waals surface area (Å²) in [5.41, 5.74) is 2.41. The number of carbonyl (C=O) groups excluding carboxylic acids is 1. The van der Waals surface area contributed by atoms with Crippen LogP contribution < -0.4 is 19.5 Å². The molecule has 3 rings (SSSR count). The molecule has 0 aliphatic carbocycles. The molecule has 166 valence electrons. The van der Waals surface area contributed by atoms with E-state index in [1.165, 1.54) is 12.1 Å². The summed E-state index contributed by atoms with van der Waals surface area (Å²) in [6.45, 7) is 2.07. The van der Waals surface area contributed by atoms with Crippen molar-refractivity contribution in [2.75, 3.05) is 13.7 Å². The molecule has 8 heteroatoms. The van der Waals surface area contributed by atoms with Crippen molar-refractivity contribution in [2.45, 2.75) is 20.1 Å². The van der Waals surface area contributed by atoms with E-state index >= 15 is 0 Å². The second-order valence-electron chi connectivity index (χ2n) is 7.05. The molecule has 0 aromatic heterocycles. The average Bonchev–Trinajstić information content (AvgIpc) is 2.81. The van der Waals surface area contributed by atoms with Crippen molar-refractivity contribution in [1.82, 2.24) is 5.32 Å². The minimum Gasteiger partial charge on any atom is -0.493 e. The fourth-order valence-electron chi connectivity index (χ4n) is 2.96. The van der Waals surface area contributed by atoms with Crippen LogP contribution in [0, 0.1) is 17.0 Å². The Balaban J connectivity index is 1.54. The smallest absolute Gasteiger partial charge is 0.311 e. The standard InChI is InChI=1S/C24H24N2O6/c1-17-8-10-21(20(12-17)26(28)29)32-16-24(27)25-14-19-9-11-22(23(13-19)30-2)31-15-18-6-4-3-5-7-18/h3-13H,14-16H2,1-2H3,(H,25,27). The van der Waals surface area contributed by atoms with Crippen molar-refractivity contribution in [1.29, 1.82) is 0 Å². The molecule has 0 unspecified atom stereocenters. The van der Waals surface area contributed by atoms with Gasteiger partial charge in [-0.05, 0) is 41.8 Å². The molecule has 0 bridgehead atoms. The van der Waals surface area contributed by atoms with Gasteiger partial charge in [0, 0.05) is 12.6 Å². The highest BCUT2D eigenvalue weighted by atomic mass is 16.6. The van der Waals surface area contributed by atoms with Crippen molar-refractivity contribution < 1.29 is 23.9 Å². The third-order valence-corrected chi connectivity index (χ3v) is 4.62. The fourth-order valence-corrected chi connectivity index (χ4v) is 2.96. The van der Waals surface area contributed by atoms with Crippen molar-refractivity contribution >= 4 is 11.6 Å². The Morgan fingerprint density at radius 1 is 0.938 bits per heavy atom. The van der Waals surface area contributed by atoms with Crippen LogP contribution in [0.2, 0.25) is 0 Å². The van der Waals surface area contributed by atoms with E-state index in [4.69, 9.17) is 14.2 Å². The summed E-state index contributed by atoms with van der Waals surface area (Å²) < 4.78 is 16.6. The largest absolute Gasteiger partial charge is 0.493 e. The van der Waals surface area contributed by atoms with Crippen LogP contribution in [0.15, 0.2) is 66.7 Å². The molecule has 3 aromatic carbocycles. The molecule has 0 saturated heterocycles. The monoisotopic (exact) mass is 436 g/mol. The van der Waals surface area contributed by atoms with Crippen molar-refractivity contribution in [3.05, 3.63) is 93.5 Å². The van der Waals surface area contributed by atoms with Crippen LogP contribution in [-0.4, -0.2) is 24.5 Å². The summed E-state index contributed by atoms with van der Waals surface area (Å²) >= 11 is 0. The van der Waals surface area contributed by atoms with Crippen LogP contribution in [0.3, 0.4) is 0 Å². The van der Waals surface area contributed by atoms with E-state index in [1.54, 1.807) is 32.2 Å². The van der Waals surface area contributed by atoms with Crippen molar-refractivity contribution in [3.8, 4) is 17.2 Å². The Kier molecular flexibility index (Phi) is 7.64. The number of nitrogens with zero attached hydrogens (tertiary/aromatic N) is 1. The number of methoxy groups -OCH3 is 1. The van der Waals surface area contributed by atoms with E-state index in [2.05, 4.69) is 5.32 Å². The molecule has 1 amide bonds. The van der Waals surface area contributed by atoms with Crippen molar-refractivity contribution in [3.63, 3.8) is 0 Å². The van der Waals surface area contributed by atoms with Crippen molar-refractivity contribution in [2.24, 2.45) is 0 Å². The topological polar surface area (TPSA) is 99.9 Å². The Labute approximate surface area is 185 Å². The molecule has 0 fully saturated rings. The molecule has 0 aliphatic heterocycles. The fraction of sp³-hybridized carbons (Fsp3) is 0.208. The molecular formula is C24H24N2O6. The van der Waals surface area contributed by atoms with E-state index in [0.29, 0.717) is 18.1 Å². The predicted octanol–water partition coefficient (Wildman–Crippen LogP) is 4.19. The SMILES string of the molecule is COc1cc(CNC(=O)COc2ccc(C)cc2[N+](=O)[O-])ccc1OCc1ccccc1. The van der Waals surface area contributed by atoms with Crippen LogP contribution >= 0.6 is 0 Å². The third-order valence-electron chi connectivity index (χ3n) is 4.62. The van der Waals surface area contributed by atoms with Crippen LogP contribution in [0.25, 0.3) is 0 Å². The minimum absolute atomic E-state index is 0.0531. The van der Waals surface area contributed by atoms with Gasteiger partial charge in [-0.1, -0.05) is 42.5 Å². The number of hydrogen-bond acceptors (Lipinski definition) is 6. The van der Waals surface area contributed by atoms with Gasteiger partial charge in [0.1, 0.15) is 6.61 Å². The minimum atomic E-state index is -0.534. The Morgan fingerprint density at radius 3 is 2.41 bits per heavy atom. The van der Waals surface area contributed by atoms with Gasteiger partial charge in [0.2, 0.25) is 0 Å². The highest BCUT2D eigenvalue weighted by Gasteiger charge is 2.16. The van der Waals surface area contributed by atoms with Crippen LogP contribution in [-0.2, 0) is 17.9 Å². The van der Waals surface area contributed by atoms with Gasteiger partial charge in [0.05, 0.1) is 12.0 Å². The number of benzene rings is 3. The van der Waals surface area contributed by atoms with Crippen LogP contribution in [0.5, 0.6) is 17.2 Å². The normalized spacial score (nSPS) is 10.3.